The molecule has 150 valence electrons. The van der Waals surface area contributed by atoms with Gasteiger partial charge < -0.3 is 10.1 Å². The first-order valence-electron chi connectivity index (χ1n) is 9.40. The molecular formula is C24H20N2O3S. The molecule has 5 nitrogen and oxygen atoms in total. The number of ether oxygens (including phenoxy) is 1. The molecule has 1 N–H and O–H groups in total. The van der Waals surface area contributed by atoms with Gasteiger partial charge in [0.2, 0.25) is 0 Å². The van der Waals surface area contributed by atoms with Gasteiger partial charge in [-0.2, -0.15) is 0 Å². The lowest BCUT2D eigenvalue weighted by Gasteiger charge is -2.15. The molecule has 0 saturated carbocycles. The fraction of sp³-hybridized carbons (Fsp3) is 0.0833. The summed E-state index contributed by atoms with van der Waals surface area (Å²) in [5, 5.41) is 3.14. The van der Waals surface area contributed by atoms with E-state index in [0.29, 0.717) is 22.0 Å². The molecule has 0 bridgehead atoms. The minimum absolute atomic E-state index is 0.252. The lowest BCUT2D eigenvalue weighted by Crippen LogP contribution is -2.32. The molecule has 0 aliphatic carbocycles. The number of thioether (sulfide) groups is 1. The Labute approximate surface area is 179 Å². The molecule has 2 amide bonds. The largest absolute Gasteiger partial charge is 0.497 e. The number of aryl methyl sites for hydroxylation is 1. The minimum atomic E-state index is -0.384. The SMILES string of the molecule is COc1cccc(NC2=C(Sc3ccccc3)C(=O)N(c3ccc(C)cc3)C2=O)c1. The third-order valence-electron chi connectivity index (χ3n) is 4.64. The molecule has 0 saturated heterocycles. The lowest BCUT2D eigenvalue weighted by molar-refractivity contribution is -0.120. The van der Waals surface area contributed by atoms with Crippen LogP contribution in [0.1, 0.15) is 5.56 Å². The van der Waals surface area contributed by atoms with Crippen molar-refractivity contribution in [3.8, 4) is 5.75 Å². The van der Waals surface area contributed by atoms with Gasteiger partial charge in [0.1, 0.15) is 16.4 Å². The van der Waals surface area contributed by atoms with Crippen LogP contribution >= 0.6 is 11.8 Å². The van der Waals surface area contributed by atoms with E-state index in [1.165, 1.54) is 16.7 Å². The second kappa shape index (κ2) is 8.47. The highest BCUT2D eigenvalue weighted by Gasteiger charge is 2.40. The fourth-order valence-corrected chi connectivity index (χ4v) is 4.04. The predicted molar refractivity (Wildman–Crippen MR) is 120 cm³/mol. The van der Waals surface area contributed by atoms with E-state index in [2.05, 4.69) is 5.32 Å². The van der Waals surface area contributed by atoms with E-state index in [1.54, 1.807) is 25.3 Å². The Morgan fingerprint density at radius 2 is 1.60 bits per heavy atom. The summed E-state index contributed by atoms with van der Waals surface area (Å²) >= 11 is 1.28. The Balaban J connectivity index is 1.74. The van der Waals surface area contributed by atoms with E-state index in [9.17, 15) is 9.59 Å². The monoisotopic (exact) mass is 416 g/mol. The van der Waals surface area contributed by atoms with E-state index in [0.717, 1.165) is 10.5 Å². The molecule has 3 aromatic rings. The number of anilines is 2. The van der Waals surface area contributed by atoms with Crippen LogP contribution in [0.2, 0.25) is 0 Å². The average molecular weight is 417 g/mol. The number of amides is 2. The summed E-state index contributed by atoms with van der Waals surface area (Å²) in [6.45, 7) is 1.96. The Morgan fingerprint density at radius 1 is 0.867 bits per heavy atom. The van der Waals surface area contributed by atoms with Crippen molar-refractivity contribution < 1.29 is 14.3 Å². The van der Waals surface area contributed by atoms with Crippen LogP contribution in [-0.2, 0) is 9.59 Å². The van der Waals surface area contributed by atoms with Gasteiger partial charge in [-0.3, -0.25) is 9.59 Å². The second-order valence-electron chi connectivity index (χ2n) is 6.76. The highest BCUT2D eigenvalue weighted by Crippen LogP contribution is 2.38. The number of imide groups is 1. The molecule has 0 radical (unpaired) electrons. The molecular weight excluding hydrogens is 396 g/mol. The van der Waals surface area contributed by atoms with Crippen LogP contribution in [0, 0.1) is 6.92 Å². The van der Waals surface area contributed by atoms with Crippen molar-refractivity contribution in [2.45, 2.75) is 11.8 Å². The summed E-state index contributed by atoms with van der Waals surface area (Å²) < 4.78 is 5.27. The van der Waals surface area contributed by atoms with Gasteiger partial charge in [0, 0.05) is 16.6 Å². The number of nitrogens with one attached hydrogen (secondary N) is 1. The van der Waals surface area contributed by atoms with Gasteiger partial charge in [0.25, 0.3) is 11.8 Å². The summed E-state index contributed by atoms with van der Waals surface area (Å²) in [6, 6.07) is 24.1. The molecule has 0 unspecified atom stereocenters. The highest BCUT2D eigenvalue weighted by atomic mass is 32.2. The van der Waals surface area contributed by atoms with Crippen LogP contribution in [0.4, 0.5) is 11.4 Å². The van der Waals surface area contributed by atoms with Crippen molar-refractivity contribution in [1.29, 1.82) is 0 Å². The van der Waals surface area contributed by atoms with Gasteiger partial charge in [0.15, 0.2) is 0 Å². The van der Waals surface area contributed by atoms with Gasteiger partial charge in [-0.1, -0.05) is 53.7 Å². The summed E-state index contributed by atoms with van der Waals surface area (Å²) in [5.74, 6) is -0.0711. The van der Waals surface area contributed by atoms with E-state index in [4.69, 9.17) is 4.74 Å². The van der Waals surface area contributed by atoms with Crippen LogP contribution in [0.15, 0.2) is 94.4 Å². The van der Waals surface area contributed by atoms with Crippen LogP contribution in [0.25, 0.3) is 0 Å². The van der Waals surface area contributed by atoms with Crippen LogP contribution in [0.5, 0.6) is 5.75 Å². The Hall–Kier alpha value is -3.51. The molecule has 0 atom stereocenters. The van der Waals surface area contributed by atoms with Crippen molar-refractivity contribution in [3.05, 3.63) is 95.0 Å². The zero-order valence-corrected chi connectivity index (χ0v) is 17.4. The number of rotatable bonds is 6. The first-order valence-corrected chi connectivity index (χ1v) is 10.2. The van der Waals surface area contributed by atoms with Crippen LogP contribution in [0.3, 0.4) is 0 Å². The first kappa shape index (κ1) is 19.8. The molecule has 4 rings (SSSR count). The Bertz CT molecular complexity index is 1120. The number of methoxy groups -OCH3 is 1. The van der Waals surface area contributed by atoms with E-state index in [1.807, 2.05) is 67.6 Å². The summed E-state index contributed by atoms with van der Waals surface area (Å²) in [6.07, 6.45) is 0. The topological polar surface area (TPSA) is 58.6 Å². The summed E-state index contributed by atoms with van der Waals surface area (Å²) in [5.41, 5.74) is 2.52. The van der Waals surface area contributed by atoms with Gasteiger partial charge in [-0.15, -0.1) is 0 Å². The van der Waals surface area contributed by atoms with Gasteiger partial charge in [0.05, 0.1) is 12.8 Å². The third kappa shape index (κ3) is 3.95. The molecule has 0 aromatic heterocycles. The zero-order chi connectivity index (χ0) is 21.1. The van der Waals surface area contributed by atoms with E-state index >= 15 is 0 Å². The molecule has 6 heteroatoms. The molecule has 0 spiro atoms. The van der Waals surface area contributed by atoms with E-state index < -0.39 is 0 Å². The zero-order valence-electron chi connectivity index (χ0n) is 16.6. The molecule has 30 heavy (non-hydrogen) atoms. The maximum atomic E-state index is 13.3. The van der Waals surface area contributed by atoms with Gasteiger partial charge in [-0.05, 0) is 43.3 Å². The number of carbonyl (C=O) groups is 2. The number of hydrogen-bond acceptors (Lipinski definition) is 5. The van der Waals surface area contributed by atoms with Gasteiger partial charge in [-0.25, -0.2) is 4.90 Å². The maximum absolute atomic E-state index is 13.3. The summed E-state index contributed by atoms with van der Waals surface area (Å²) in [7, 11) is 1.58. The fourth-order valence-electron chi connectivity index (χ4n) is 3.09. The van der Waals surface area contributed by atoms with Crippen molar-refractivity contribution in [2.75, 3.05) is 17.3 Å². The number of nitrogens with zero attached hydrogens (tertiary/aromatic N) is 1. The minimum Gasteiger partial charge on any atom is -0.497 e. The Kier molecular flexibility index (Phi) is 5.59. The lowest BCUT2D eigenvalue weighted by atomic mass is 10.2. The normalized spacial score (nSPS) is 13.7. The maximum Gasteiger partial charge on any atom is 0.283 e. The number of carbonyl (C=O) groups excluding carboxylic acids is 2. The average Bonchev–Trinajstić information content (AvgIpc) is 2.99. The third-order valence-corrected chi connectivity index (χ3v) is 5.73. The number of benzene rings is 3. The highest BCUT2D eigenvalue weighted by molar-refractivity contribution is 8.04. The summed E-state index contributed by atoms with van der Waals surface area (Å²) in [4.78, 5) is 29.0. The van der Waals surface area contributed by atoms with Crippen LogP contribution < -0.4 is 15.0 Å². The quantitative estimate of drug-likeness (QED) is 0.574. The number of hydrogen-bond donors (Lipinski definition) is 1. The molecule has 1 aliphatic heterocycles. The standard InChI is InChI=1S/C24H20N2O3S/c1-16-11-13-18(14-12-16)26-23(27)21(25-17-7-6-8-19(15-17)29-2)22(24(26)28)30-20-9-4-3-5-10-20/h3-15,25H,1-2H3. The molecule has 0 fully saturated rings. The van der Waals surface area contributed by atoms with Crippen molar-refractivity contribution >= 4 is 35.0 Å². The van der Waals surface area contributed by atoms with Crippen molar-refractivity contribution in [1.82, 2.24) is 0 Å². The smallest absolute Gasteiger partial charge is 0.283 e. The Morgan fingerprint density at radius 3 is 2.30 bits per heavy atom. The van der Waals surface area contributed by atoms with E-state index in [-0.39, 0.29) is 17.5 Å². The second-order valence-corrected chi connectivity index (χ2v) is 7.84. The molecule has 1 heterocycles. The molecule has 1 aliphatic rings. The van der Waals surface area contributed by atoms with Crippen molar-refractivity contribution in [2.24, 2.45) is 0 Å². The predicted octanol–water partition coefficient (Wildman–Crippen LogP) is 4.99. The first-order chi connectivity index (χ1) is 14.6. The van der Waals surface area contributed by atoms with Crippen molar-refractivity contribution in [3.63, 3.8) is 0 Å². The van der Waals surface area contributed by atoms with Gasteiger partial charge >= 0.3 is 0 Å². The molecule has 3 aromatic carbocycles. The van der Waals surface area contributed by atoms with Crippen LogP contribution in [-0.4, -0.2) is 18.9 Å².